The molecule has 0 aromatic carbocycles. The first-order chi connectivity index (χ1) is 5.11. The highest BCUT2D eigenvalue weighted by Gasteiger charge is 2.24. The second-order valence-electron chi connectivity index (χ2n) is 4.31. The molecule has 0 bridgehead atoms. The van der Waals surface area contributed by atoms with Gasteiger partial charge >= 0.3 is 0 Å². The molecule has 1 aliphatic carbocycles. The molecule has 0 nitrogen and oxygen atoms in total. The number of allylic oxidation sites excluding steroid dienone is 1. The van der Waals surface area contributed by atoms with E-state index in [4.69, 9.17) is 0 Å². The molecule has 1 fully saturated rings. The summed E-state index contributed by atoms with van der Waals surface area (Å²) in [5.74, 6) is 2.66. The molecule has 1 aliphatic rings. The Morgan fingerprint density at radius 3 is 2.27 bits per heavy atom. The Labute approximate surface area is 70.7 Å². The van der Waals surface area contributed by atoms with Gasteiger partial charge in [0.1, 0.15) is 0 Å². The Kier molecular flexibility index (Phi) is 2.75. The molecule has 3 atom stereocenters. The van der Waals surface area contributed by atoms with Crippen molar-refractivity contribution in [3.63, 3.8) is 0 Å². The predicted octanol–water partition coefficient (Wildman–Crippen LogP) is 3.63. The lowest BCUT2D eigenvalue weighted by Gasteiger charge is -2.32. The lowest BCUT2D eigenvalue weighted by molar-refractivity contribution is 0.230. The van der Waals surface area contributed by atoms with E-state index in [2.05, 4.69) is 27.4 Å². The molecule has 1 rings (SSSR count). The van der Waals surface area contributed by atoms with Crippen molar-refractivity contribution < 1.29 is 0 Å². The van der Waals surface area contributed by atoms with Crippen LogP contribution in [-0.2, 0) is 0 Å². The zero-order valence-electron chi connectivity index (χ0n) is 8.06. The molecule has 0 heteroatoms. The van der Waals surface area contributed by atoms with E-state index >= 15 is 0 Å². The first-order valence-electron chi connectivity index (χ1n) is 4.76. The lowest BCUT2D eigenvalue weighted by Crippen LogP contribution is -2.20. The highest BCUT2D eigenvalue weighted by molar-refractivity contribution is 4.98. The molecule has 0 amide bonds. The average molecular weight is 152 g/mol. The van der Waals surface area contributed by atoms with E-state index in [9.17, 15) is 0 Å². The van der Waals surface area contributed by atoms with Crippen LogP contribution in [0.5, 0.6) is 0 Å². The average Bonchev–Trinajstić information content (AvgIpc) is 1.94. The molecule has 64 valence electrons. The third kappa shape index (κ3) is 2.08. The van der Waals surface area contributed by atoms with Gasteiger partial charge in [0.05, 0.1) is 0 Å². The third-order valence-electron chi connectivity index (χ3n) is 3.30. The monoisotopic (exact) mass is 152 g/mol. The van der Waals surface area contributed by atoms with Crippen molar-refractivity contribution in [2.75, 3.05) is 0 Å². The van der Waals surface area contributed by atoms with Crippen molar-refractivity contribution in [1.29, 1.82) is 0 Å². The highest BCUT2D eigenvalue weighted by Crippen LogP contribution is 2.36. The summed E-state index contributed by atoms with van der Waals surface area (Å²) >= 11 is 0. The van der Waals surface area contributed by atoms with Gasteiger partial charge in [-0.1, -0.05) is 26.0 Å². The summed E-state index contributed by atoms with van der Waals surface area (Å²) in [4.78, 5) is 0. The van der Waals surface area contributed by atoms with Gasteiger partial charge in [-0.3, -0.25) is 0 Å². The van der Waals surface area contributed by atoms with Gasteiger partial charge in [-0.2, -0.15) is 0 Å². The zero-order valence-corrected chi connectivity index (χ0v) is 8.06. The van der Waals surface area contributed by atoms with Gasteiger partial charge in [-0.15, -0.1) is 0 Å². The second-order valence-corrected chi connectivity index (χ2v) is 4.31. The van der Waals surface area contributed by atoms with Crippen LogP contribution in [0.4, 0.5) is 0 Å². The summed E-state index contributed by atoms with van der Waals surface area (Å²) in [5.41, 5.74) is 1.39. The van der Waals surface area contributed by atoms with Crippen LogP contribution in [0, 0.1) is 17.8 Å². The van der Waals surface area contributed by atoms with Crippen LogP contribution in [0.3, 0.4) is 0 Å². The van der Waals surface area contributed by atoms with E-state index in [0.29, 0.717) is 0 Å². The molecule has 11 heavy (non-hydrogen) atoms. The van der Waals surface area contributed by atoms with Gasteiger partial charge in [0.15, 0.2) is 0 Å². The van der Waals surface area contributed by atoms with E-state index in [1.54, 1.807) is 0 Å². The fourth-order valence-corrected chi connectivity index (χ4v) is 2.00. The zero-order chi connectivity index (χ0) is 8.43. The minimum Gasteiger partial charge on any atom is -0.0999 e. The Morgan fingerprint density at radius 1 is 1.18 bits per heavy atom. The van der Waals surface area contributed by atoms with E-state index in [0.717, 1.165) is 17.8 Å². The van der Waals surface area contributed by atoms with Gasteiger partial charge in [0.2, 0.25) is 0 Å². The van der Waals surface area contributed by atoms with Crippen molar-refractivity contribution in [3.05, 3.63) is 12.2 Å². The van der Waals surface area contributed by atoms with Gasteiger partial charge in [0, 0.05) is 0 Å². The predicted molar refractivity (Wildman–Crippen MR) is 50.5 cm³/mol. The van der Waals surface area contributed by atoms with Crippen molar-refractivity contribution in [3.8, 4) is 0 Å². The maximum Gasteiger partial charge on any atom is -0.0206 e. The SMILES string of the molecule is C=C(C)C1CCC(C)C(C)C1. The molecule has 3 unspecified atom stereocenters. The fourth-order valence-electron chi connectivity index (χ4n) is 2.00. The largest absolute Gasteiger partial charge is 0.0999 e. The van der Waals surface area contributed by atoms with Gasteiger partial charge in [0.25, 0.3) is 0 Å². The summed E-state index contributed by atoms with van der Waals surface area (Å²) < 4.78 is 0. The Hall–Kier alpha value is -0.260. The van der Waals surface area contributed by atoms with Crippen LogP contribution in [0.1, 0.15) is 40.0 Å². The Balaban J connectivity index is 2.46. The van der Waals surface area contributed by atoms with E-state index in [1.165, 1.54) is 24.8 Å². The summed E-state index contributed by atoms with van der Waals surface area (Å²) in [6.45, 7) is 11.0. The maximum absolute atomic E-state index is 4.04. The van der Waals surface area contributed by atoms with Crippen LogP contribution >= 0.6 is 0 Å². The molecule has 0 aromatic rings. The van der Waals surface area contributed by atoms with Crippen LogP contribution < -0.4 is 0 Å². The Morgan fingerprint density at radius 2 is 1.82 bits per heavy atom. The summed E-state index contributed by atoms with van der Waals surface area (Å²) in [6.07, 6.45) is 4.15. The Bertz CT molecular complexity index is 146. The number of hydrogen-bond acceptors (Lipinski definition) is 0. The molecule has 0 N–H and O–H groups in total. The van der Waals surface area contributed by atoms with Crippen molar-refractivity contribution >= 4 is 0 Å². The third-order valence-corrected chi connectivity index (χ3v) is 3.30. The van der Waals surface area contributed by atoms with Crippen LogP contribution in [-0.4, -0.2) is 0 Å². The summed E-state index contributed by atoms with van der Waals surface area (Å²) in [5, 5.41) is 0. The number of rotatable bonds is 1. The molecule has 0 aliphatic heterocycles. The standard InChI is InChI=1S/C11H20/c1-8(2)11-6-5-9(3)10(4)7-11/h9-11H,1,5-7H2,2-4H3. The molecule has 1 saturated carbocycles. The minimum atomic E-state index is 0.821. The normalized spacial score (nSPS) is 38.6. The summed E-state index contributed by atoms with van der Waals surface area (Å²) in [6, 6.07) is 0. The van der Waals surface area contributed by atoms with Gasteiger partial charge in [-0.05, 0) is 43.9 Å². The topological polar surface area (TPSA) is 0 Å². The quantitative estimate of drug-likeness (QED) is 0.503. The minimum absolute atomic E-state index is 0.821. The molecular weight excluding hydrogens is 132 g/mol. The molecule has 0 saturated heterocycles. The van der Waals surface area contributed by atoms with Gasteiger partial charge in [-0.25, -0.2) is 0 Å². The lowest BCUT2D eigenvalue weighted by atomic mass is 9.74. The molecule has 0 spiro atoms. The highest BCUT2D eigenvalue weighted by atomic mass is 14.3. The first-order valence-corrected chi connectivity index (χ1v) is 4.76. The summed E-state index contributed by atoms with van der Waals surface area (Å²) in [7, 11) is 0. The van der Waals surface area contributed by atoms with Gasteiger partial charge < -0.3 is 0 Å². The van der Waals surface area contributed by atoms with E-state index < -0.39 is 0 Å². The number of hydrogen-bond donors (Lipinski definition) is 0. The molecule has 0 aromatic heterocycles. The van der Waals surface area contributed by atoms with Crippen LogP contribution in [0.15, 0.2) is 12.2 Å². The molecular formula is C11H20. The molecule has 0 heterocycles. The van der Waals surface area contributed by atoms with Crippen LogP contribution in [0.25, 0.3) is 0 Å². The first kappa shape index (κ1) is 8.83. The second kappa shape index (κ2) is 3.42. The molecule has 0 radical (unpaired) electrons. The van der Waals surface area contributed by atoms with Crippen molar-refractivity contribution in [1.82, 2.24) is 0 Å². The van der Waals surface area contributed by atoms with Crippen molar-refractivity contribution in [2.24, 2.45) is 17.8 Å². The van der Waals surface area contributed by atoms with E-state index in [1.807, 2.05) is 0 Å². The smallest absolute Gasteiger partial charge is 0.0206 e. The van der Waals surface area contributed by atoms with Crippen molar-refractivity contribution in [2.45, 2.75) is 40.0 Å². The fraction of sp³-hybridized carbons (Fsp3) is 0.818. The maximum atomic E-state index is 4.04. The van der Waals surface area contributed by atoms with E-state index in [-0.39, 0.29) is 0 Å². The van der Waals surface area contributed by atoms with Crippen LogP contribution in [0.2, 0.25) is 0 Å².